The van der Waals surface area contributed by atoms with Crippen molar-refractivity contribution in [3.05, 3.63) is 28.8 Å². The van der Waals surface area contributed by atoms with Gasteiger partial charge in [-0.25, -0.2) is 0 Å². The first kappa shape index (κ1) is 16.1. The van der Waals surface area contributed by atoms with Crippen LogP contribution in [0, 0.1) is 0 Å². The molecule has 0 bridgehead atoms. The molecule has 1 amide bonds. The standard InChI is InChI=1S/C15H21ClN2O3/c1-20-14-3-2-13(16)10-12(14)11-17-5-4-15(19)18-6-8-21-9-7-18/h2-3,10,17H,4-9,11H2,1H3. The van der Waals surface area contributed by atoms with E-state index in [9.17, 15) is 4.79 Å². The fourth-order valence-corrected chi connectivity index (χ4v) is 2.47. The molecule has 21 heavy (non-hydrogen) atoms. The molecule has 2 rings (SSSR count). The van der Waals surface area contributed by atoms with Crippen LogP contribution in [0.4, 0.5) is 0 Å². The van der Waals surface area contributed by atoms with E-state index < -0.39 is 0 Å². The van der Waals surface area contributed by atoms with Crippen LogP contribution in [0.3, 0.4) is 0 Å². The van der Waals surface area contributed by atoms with Gasteiger partial charge in [-0.15, -0.1) is 0 Å². The molecule has 5 nitrogen and oxygen atoms in total. The maximum atomic E-state index is 12.0. The molecule has 1 aromatic carbocycles. The Morgan fingerprint density at radius 1 is 1.43 bits per heavy atom. The van der Waals surface area contributed by atoms with Crippen LogP contribution in [0.2, 0.25) is 5.02 Å². The van der Waals surface area contributed by atoms with Gasteiger partial charge in [0.2, 0.25) is 5.91 Å². The SMILES string of the molecule is COc1ccc(Cl)cc1CNCCC(=O)N1CCOCC1. The zero-order valence-electron chi connectivity index (χ0n) is 12.2. The minimum Gasteiger partial charge on any atom is -0.496 e. The number of morpholine rings is 1. The molecule has 1 aliphatic heterocycles. The molecule has 1 N–H and O–H groups in total. The largest absolute Gasteiger partial charge is 0.496 e. The number of carbonyl (C=O) groups excluding carboxylic acids is 1. The predicted molar refractivity (Wildman–Crippen MR) is 81.7 cm³/mol. The summed E-state index contributed by atoms with van der Waals surface area (Å²) < 4.78 is 10.5. The molecule has 0 unspecified atom stereocenters. The number of hydrogen-bond acceptors (Lipinski definition) is 4. The van der Waals surface area contributed by atoms with E-state index in [2.05, 4.69) is 5.32 Å². The van der Waals surface area contributed by atoms with Gasteiger partial charge < -0.3 is 19.7 Å². The summed E-state index contributed by atoms with van der Waals surface area (Å²) >= 11 is 5.98. The van der Waals surface area contributed by atoms with Crippen molar-refractivity contribution in [2.75, 3.05) is 40.0 Å². The molecule has 0 spiro atoms. The highest BCUT2D eigenvalue weighted by Gasteiger charge is 2.15. The van der Waals surface area contributed by atoms with Crippen LogP contribution in [0.15, 0.2) is 18.2 Å². The van der Waals surface area contributed by atoms with Gasteiger partial charge >= 0.3 is 0 Å². The maximum absolute atomic E-state index is 12.0. The van der Waals surface area contributed by atoms with Crippen LogP contribution >= 0.6 is 11.6 Å². The summed E-state index contributed by atoms with van der Waals surface area (Å²) in [5.74, 6) is 0.968. The minimum atomic E-state index is 0.170. The third-order valence-electron chi connectivity index (χ3n) is 3.44. The molecule has 0 atom stereocenters. The number of carbonyl (C=O) groups is 1. The lowest BCUT2D eigenvalue weighted by Crippen LogP contribution is -2.41. The van der Waals surface area contributed by atoms with Gasteiger partial charge in [0, 0.05) is 43.2 Å². The summed E-state index contributed by atoms with van der Waals surface area (Å²) in [6.07, 6.45) is 0.489. The number of rotatable bonds is 6. The Labute approximate surface area is 130 Å². The van der Waals surface area contributed by atoms with Crippen LogP contribution < -0.4 is 10.1 Å². The van der Waals surface area contributed by atoms with E-state index in [4.69, 9.17) is 21.1 Å². The first-order chi connectivity index (χ1) is 10.2. The van der Waals surface area contributed by atoms with E-state index in [1.807, 2.05) is 17.0 Å². The molecule has 116 valence electrons. The third-order valence-corrected chi connectivity index (χ3v) is 3.67. The van der Waals surface area contributed by atoms with Gasteiger partial charge in [0.05, 0.1) is 20.3 Å². The van der Waals surface area contributed by atoms with Crippen molar-refractivity contribution in [1.82, 2.24) is 10.2 Å². The Balaban J connectivity index is 1.74. The number of nitrogens with zero attached hydrogens (tertiary/aromatic N) is 1. The van der Waals surface area contributed by atoms with Gasteiger partial charge in [0.1, 0.15) is 5.75 Å². The van der Waals surface area contributed by atoms with Crippen molar-refractivity contribution < 1.29 is 14.3 Å². The van der Waals surface area contributed by atoms with Gasteiger partial charge in [0.15, 0.2) is 0 Å². The Hall–Kier alpha value is -1.30. The summed E-state index contributed by atoms with van der Waals surface area (Å²) in [6.45, 7) is 3.92. The molecule has 1 fully saturated rings. The second-order valence-corrected chi connectivity index (χ2v) is 5.31. The number of hydrogen-bond donors (Lipinski definition) is 1. The van der Waals surface area contributed by atoms with Crippen molar-refractivity contribution in [1.29, 1.82) is 0 Å². The molecular weight excluding hydrogens is 292 g/mol. The Morgan fingerprint density at radius 2 is 2.19 bits per heavy atom. The van der Waals surface area contributed by atoms with Gasteiger partial charge in [-0.05, 0) is 18.2 Å². The second-order valence-electron chi connectivity index (χ2n) is 4.88. The van der Waals surface area contributed by atoms with E-state index in [-0.39, 0.29) is 5.91 Å². The molecule has 1 saturated heterocycles. The van der Waals surface area contributed by atoms with Gasteiger partial charge in [-0.3, -0.25) is 4.79 Å². The highest BCUT2D eigenvalue weighted by Crippen LogP contribution is 2.22. The first-order valence-electron chi connectivity index (χ1n) is 7.09. The Bertz CT molecular complexity index is 476. The summed E-state index contributed by atoms with van der Waals surface area (Å²) in [5, 5.41) is 3.93. The smallest absolute Gasteiger partial charge is 0.224 e. The van der Waals surface area contributed by atoms with Gasteiger partial charge in [0.25, 0.3) is 0 Å². The molecule has 1 heterocycles. The van der Waals surface area contributed by atoms with Crippen LogP contribution in [0.5, 0.6) is 5.75 Å². The lowest BCUT2D eigenvalue weighted by molar-refractivity contribution is -0.135. The second kappa shape index (κ2) is 8.22. The molecule has 1 aliphatic rings. The lowest BCUT2D eigenvalue weighted by Gasteiger charge is -2.26. The quantitative estimate of drug-likeness (QED) is 0.812. The number of amides is 1. The summed E-state index contributed by atoms with van der Waals surface area (Å²) in [6, 6.07) is 5.52. The summed E-state index contributed by atoms with van der Waals surface area (Å²) in [5.41, 5.74) is 0.990. The number of benzene rings is 1. The number of halogens is 1. The number of methoxy groups -OCH3 is 1. The molecule has 1 aromatic rings. The average molecular weight is 313 g/mol. The number of nitrogens with one attached hydrogen (secondary N) is 1. The van der Waals surface area contributed by atoms with E-state index in [1.54, 1.807) is 13.2 Å². The lowest BCUT2D eigenvalue weighted by atomic mass is 10.2. The van der Waals surface area contributed by atoms with Crippen molar-refractivity contribution in [2.45, 2.75) is 13.0 Å². The zero-order chi connectivity index (χ0) is 15.1. The molecular formula is C15H21ClN2O3. The van der Waals surface area contributed by atoms with E-state index in [0.29, 0.717) is 50.8 Å². The number of ether oxygens (including phenoxy) is 2. The predicted octanol–water partition coefficient (Wildman–Crippen LogP) is 1.69. The van der Waals surface area contributed by atoms with E-state index in [1.165, 1.54) is 0 Å². The maximum Gasteiger partial charge on any atom is 0.224 e. The first-order valence-corrected chi connectivity index (χ1v) is 7.47. The molecule has 0 aliphatic carbocycles. The summed E-state index contributed by atoms with van der Waals surface area (Å²) in [4.78, 5) is 13.8. The van der Waals surface area contributed by atoms with Crippen molar-refractivity contribution in [3.8, 4) is 5.75 Å². The van der Waals surface area contributed by atoms with Crippen molar-refractivity contribution in [2.24, 2.45) is 0 Å². The third kappa shape index (κ3) is 4.88. The molecule has 0 aromatic heterocycles. The average Bonchev–Trinajstić information content (AvgIpc) is 2.52. The minimum absolute atomic E-state index is 0.170. The van der Waals surface area contributed by atoms with E-state index >= 15 is 0 Å². The van der Waals surface area contributed by atoms with Crippen molar-refractivity contribution >= 4 is 17.5 Å². The normalized spacial score (nSPS) is 15.0. The van der Waals surface area contributed by atoms with Crippen LogP contribution in [0.25, 0.3) is 0 Å². The fraction of sp³-hybridized carbons (Fsp3) is 0.533. The Kier molecular flexibility index (Phi) is 6.29. The highest BCUT2D eigenvalue weighted by atomic mass is 35.5. The monoisotopic (exact) mass is 312 g/mol. The summed E-state index contributed by atoms with van der Waals surface area (Å²) in [7, 11) is 1.63. The topological polar surface area (TPSA) is 50.8 Å². The van der Waals surface area contributed by atoms with Gasteiger partial charge in [-0.1, -0.05) is 11.6 Å². The highest BCUT2D eigenvalue weighted by molar-refractivity contribution is 6.30. The molecule has 6 heteroatoms. The fourth-order valence-electron chi connectivity index (χ4n) is 2.27. The van der Waals surface area contributed by atoms with Crippen LogP contribution in [-0.2, 0) is 16.1 Å². The molecule has 0 saturated carbocycles. The van der Waals surface area contributed by atoms with Crippen molar-refractivity contribution in [3.63, 3.8) is 0 Å². The van der Waals surface area contributed by atoms with Crippen LogP contribution in [-0.4, -0.2) is 50.8 Å². The molecule has 0 radical (unpaired) electrons. The van der Waals surface area contributed by atoms with Gasteiger partial charge in [-0.2, -0.15) is 0 Å². The Morgan fingerprint density at radius 3 is 2.90 bits per heavy atom. The zero-order valence-corrected chi connectivity index (χ0v) is 13.0. The van der Waals surface area contributed by atoms with E-state index in [0.717, 1.165) is 11.3 Å². The van der Waals surface area contributed by atoms with Crippen LogP contribution in [0.1, 0.15) is 12.0 Å².